The number of anilines is 1. The maximum atomic E-state index is 10.7. The second kappa shape index (κ2) is 3.62. The molecule has 1 atom stereocenters. The van der Waals surface area contributed by atoms with Crippen molar-refractivity contribution in [1.29, 1.82) is 0 Å². The maximum Gasteiger partial charge on any atom is 0.333 e. The van der Waals surface area contributed by atoms with Crippen LogP contribution in [0.2, 0.25) is 0 Å². The van der Waals surface area contributed by atoms with Crippen LogP contribution in [0, 0.1) is 17.0 Å². The van der Waals surface area contributed by atoms with Gasteiger partial charge in [-0.2, -0.15) is 5.10 Å². The minimum Gasteiger partial charge on any atom is -0.350 e. The minimum atomic E-state index is -0.465. The third-order valence-corrected chi connectivity index (χ3v) is 1.74. The summed E-state index contributed by atoms with van der Waals surface area (Å²) < 4.78 is 1.41. The molecule has 0 bridgehead atoms. The van der Waals surface area contributed by atoms with Crippen LogP contribution >= 0.6 is 0 Å². The third-order valence-electron chi connectivity index (χ3n) is 1.74. The molecule has 0 saturated heterocycles. The van der Waals surface area contributed by atoms with Crippen LogP contribution in [-0.4, -0.2) is 20.9 Å². The zero-order valence-electron chi connectivity index (χ0n) is 8.31. The number of aryl methyl sites for hydroxylation is 2. The molecule has 0 radical (unpaired) electrons. The maximum absolute atomic E-state index is 10.7. The lowest BCUT2D eigenvalue weighted by Crippen LogP contribution is -2.26. The van der Waals surface area contributed by atoms with Crippen LogP contribution in [0.1, 0.15) is 12.6 Å². The molecule has 0 fully saturated rings. The number of rotatable bonds is 3. The second-order valence-electron chi connectivity index (χ2n) is 3.10. The summed E-state index contributed by atoms with van der Waals surface area (Å²) in [5.41, 5.74) is 5.85. The molecule has 7 nitrogen and oxygen atoms in total. The fourth-order valence-corrected chi connectivity index (χ4v) is 1.24. The quantitative estimate of drug-likeness (QED) is 0.416. The highest BCUT2D eigenvalue weighted by molar-refractivity contribution is 5.59. The van der Waals surface area contributed by atoms with Gasteiger partial charge in [0.2, 0.25) is 5.82 Å². The van der Waals surface area contributed by atoms with E-state index in [9.17, 15) is 10.1 Å². The first-order chi connectivity index (χ1) is 6.43. The van der Waals surface area contributed by atoms with Gasteiger partial charge in [0.1, 0.15) is 5.69 Å². The third kappa shape index (κ3) is 1.82. The predicted octanol–water partition coefficient (Wildman–Crippen LogP) is 0.353. The molecule has 0 aromatic carbocycles. The standard InChI is InChI=1S/C7H13N5O2/c1-4-6(12(13)14)7(9-5(2)8)11(3)10-4/h5,9H,8H2,1-3H3. The van der Waals surface area contributed by atoms with Crippen molar-refractivity contribution in [3.8, 4) is 0 Å². The van der Waals surface area contributed by atoms with E-state index >= 15 is 0 Å². The zero-order valence-corrected chi connectivity index (χ0v) is 8.31. The Labute approximate surface area is 81.0 Å². The van der Waals surface area contributed by atoms with Gasteiger partial charge in [-0.25, -0.2) is 4.68 Å². The first kappa shape index (κ1) is 10.5. The molecule has 0 aliphatic carbocycles. The van der Waals surface area contributed by atoms with Crippen LogP contribution in [0.5, 0.6) is 0 Å². The highest BCUT2D eigenvalue weighted by atomic mass is 16.6. The fraction of sp³-hybridized carbons (Fsp3) is 0.571. The van der Waals surface area contributed by atoms with Gasteiger partial charge in [-0.1, -0.05) is 0 Å². The van der Waals surface area contributed by atoms with Gasteiger partial charge in [-0.05, 0) is 13.8 Å². The number of hydrogen-bond donors (Lipinski definition) is 2. The number of aromatic nitrogens is 2. The monoisotopic (exact) mass is 199 g/mol. The largest absolute Gasteiger partial charge is 0.350 e. The molecule has 0 amide bonds. The average molecular weight is 199 g/mol. The lowest BCUT2D eigenvalue weighted by atomic mass is 10.4. The Morgan fingerprint density at radius 3 is 2.71 bits per heavy atom. The summed E-state index contributed by atoms with van der Waals surface area (Å²) in [5, 5.41) is 17.4. The summed E-state index contributed by atoms with van der Waals surface area (Å²) in [7, 11) is 1.63. The zero-order chi connectivity index (χ0) is 10.9. The van der Waals surface area contributed by atoms with Gasteiger partial charge in [0.15, 0.2) is 0 Å². The Bertz CT molecular complexity index is 357. The summed E-state index contributed by atoms with van der Waals surface area (Å²) >= 11 is 0. The van der Waals surface area contributed by atoms with Crippen LogP contribution in [0.3, 0.4) is 0 Å². The smallest absolute Gasteiger partial charge is 0.333 e. The molecule has 1 rings (SSSR count). The molecule has 1 heterocycles. The molecule has 1 unspecified atom stereocenters. The van der Waals surface area contributed by atoms with Crippen molar-refractivity contribution in [3.63, 3.8) is 0 Å². The first-order valence-electron chi connectivity index (χ1n) is 4.13. The highest BCUT2D eigenvalue weighted by Crippen LogP contribution is 2.27. The molecular formula is C7H13N5O2. The summed E-state index contributed by atoms with van der Waals surface area (Å²) in [6.45, 7) is 3.29. The summed E-state index contributed by atoms with van der Waals surface area (Å²) in [4.78, 5) is 10.2. The van der Waals surface area contributed by atoms with E-state index < -0.39 is 4.92 Å². The van der Waals surface area contributed by atoms with Crippen LogP contribution < -0.4 is 11.1 Å². The van der Waals surface area contributed by atoms with E-state index in [4.69, 9.17) is 5.73 Å². The van der Waals surface area contributed by atoms with Crippen molar-refractivity contribution < 1.29 is 4.92 Å². The Balaban J connectivity index is 3.18. The first-order valence-corrected chi connectivity index (χ1v) is 4.13. The van der Waals surface area contributed by atoms with Crippen molar-refractivity contribution in [1.82, 2.24) is 9.78 Å². The molecule has 14 heavy (non-hydrogen) atoms. The fourth-order valence-electron chi connectivity index (χ4n) is 1.24. The highest BCUT2D eigenvalue weighted by Gasteiger charge is 2.24. The van der Waals surface area contributed by atoms with Gasteiger partial charge in [-0.15, -0.1) is 0 Å². The van der Waals surface area contributed by atoms with Gasteiger partial charge in [0.25, 0.3) is 0 Å². The Kier molecular flexibility index (Phi) is 2.70. The minimum absolute atomic E-state index is 0.0233. The van der Waals surface area contributed by atoms with Gasteiger partial charge >= 0.3 is 5.69 Å². The van der Waals surface area contributed by atoms with Crippen LogP contribution in [0.15, 0.2) is 0 Å². The van der Waals surface area contributed by atoms with Crippen LogP contribution in [0.4, 0.5) is 11.5 Å². The SMILES string of the molecule is Cc1nn(C)c(NC(C)N)c1[N+](=O)[O-]. The molecular weight excluding hydrogens is 186 g/mol. The van der Waals surface area contributed by atoms with E-state index in [1.807, 2.05) is 0 Å². The van der Waals surface area contributed by atoms with Crippen LogP contribution in [-0.2, 0) is 7.05 Å². The Morgan fingerprint density at radius 2 is 2.29 bits per heavy atom. The lowest BCUT2D eigenvalue weighted by Gasteiger charge is -2.08. The average Bonchev–Trinajstić information content (AvgIpc) is 2.25. The summed E-state index contributed by atoms with van der Waals surface area (Å²) in [6.07, 6.45) is -0.358. The van der Waals surface area contributed by atoms with E-state index in [2.05, 4.69) is 10.4 Å². The Morgan fingerprint density at radius 1 is 1.71 bits per heavy atom. The molecule has 3 N–H and O–H groups in total. The van der Waals surface area contributed by atoms with Gasteiger partial charge in [0.05, 0.1) is 11.1 Å². The number of nitrogens with zero attached hydrogens (tertiary/aromatic N) is 3. The van der Waals surface area contributed by atoms with Crippen LogP contribution in [0.25, 0.3) is 0 Å². The van der Waals surface area contributed by atoms with Crippen molar-refractivity contribution in [2.24, 2.45) is 12.8 Å². The molecule has 0 saturated carbocycles. The van der Waals surface area contributed by atoms with Crippen molar-refractivity contribution in [2.45, 2.75) is 20.0 Å². The molecule has 1 aromatic heterocycles. The van der Waals surface area contributed by atoms with Crippen molar-refractivity contribution in [3.05, 3.63) is 15.8 Å². The number of hydrogen-bond acceptors (Lipinski definition) is 5. The van der Waals surface area contributed by atoms with Crippen molar-refractivity contribution in [2.75, 3.05) is 5.32 Å². The van der Waals surface area contributed by atoms with E-state index in [0.717, 1.165) is 0 Å². The molecule has 0 aliphatic rings. The second-order valence-corrected chi connectivity index (χ2v) is 3.10. The normalized spacial score (nSPS) is 12.6. The lowest BCUT2D eigenvalue weighted by molar-refractivity contribution is -0.384. The number of nitrogens with two attached hydrogens (primary N) is 1. The van der Waals surface area contributed by atoms with E-state index in [1.54, 1.807) is 20.9 Å². The van der Waals surface area contributed by atoms with E-state index in [0.29, 0.717) is 11.5 Å². The molecule has 0 spiro atoms. The number of nitro groups is 1. The van der Waals surface area contributed by atoms with Gasteiger partial charge < -0.3 is 11.1 Å². The predicted molar refractivity (Wildman–Crippen MR) is 51.9 cm³/mol. The van der Waals surface area contributed by atoms with Gasteiger partial charge in [0, 0.05) is 7.05 Å². The molecule has 1 aromatic rings. The molecule has 7 heteroatoms. The van der Waals surface area contributed by atoms with E-state index in [-0.39, 0.29) is 11.9 Å². The summed E-state index contributed by atoms with van der Waals surface area (Å²) in [5.74, 6) is 0.336. The topological polar surface area (TPSA) is 99.0 Å². The van der Waals surface area contributed by atoms with Gasteiger partial charge in [-0.3, -0.25) is 10.1 Å². The Hall–Kier alpha value is -1.63. The van der Waals surface area contributed by atoms with E-state index in [1.165, 1.54) is 4.68 Å². The van der Waals surface area contributed by atoms with Crippen molar-refractivity contribution >= 4 is 11.5 Å². The summed E-state index contributed by atoms with van der Waals surface area (Å²) in [6, 6.07) is 0. The molecule has 78 valence electrons. The molecule has 0 aliphatic heterocycles. The number of nitrogens with one attached hydrogen (secondary N) is 1.